The van der Waals surface area contributed by atoms with Gasteiger partial charge in [-0.15, -0.1) is 0 Å². The SMILES string of the molecule is CCOc1ccccc1/C=N\NC(=O)CN1CCN(S(=O)(=O)c2ccc(C)cc2)CC1. The molecule has 2 aromatic rings. The number of ether oxygens (including phenoxy) is 1. The maximum atomic E-state index is 12.8. The van der Waals surface area contributed by atoms with Crippen LogP contribution < -0.4 is 10.2 Å². The lowest BCUT2D eigenvalue weighted by Gasteiger charge is -2.33. The van der Waals surface area contributed by atoms with Gasteiger partial charge >= 0.3 is 0 Å². The molecular weight excluding hydrogens is 416 g/mol. The summed E-state index contributed by atoms with van der Waals surface area (Å²) in [5.41, 5.74) is 4.31. The number of hydrazone groups is 1. The smallest absolute Gasteiger partial charge is 0.254 e. The van der Waals surface area contributed by atoms with Gasteiger partial charge in [0.05, 0.1) is 24.3 Å². The standard InChI is InChI=1S/C22H28N4O4S/c1-3-30-21-7-5-4-6-19(21)16-23-24-22(27)17-25-12-14-26(15-13-25)31(28,29)20-10-8-18(2)9-11-20/h4-11,16H,3,12-15,17H2,1-2H3,(H,24,27)/b23-16-. The molecule has 0 spiro atoms. The number of carbonyl (C=O) groups is 1. The highest BCUT2D eigenvalue weighted by Crippen LogP contribution is 2.18. The zero-order chi connectivity index (χ0) is 22.3. The van der Waals surface area contributed by atoms with Gasteiger partial charge in [-0.05, 0) is 38.1 Å². The molecule has 0 atom stereocenters. The summed E-state index contributed by atoms with van der Waals surface area (Å²) in [6.07, 6.45) is 1.55. The molecule has 0 radical (unpaired) electrons. The lowest BCUT2D eigenvalue weighted by atomic mass is 10.2. The van der Waals surface area contributed by atoms with Crippen LogP contribution in [0.3, 0.4) is 0 Å². The van der Waals surface area contributed by atoms with Crippen molar-refractivity contribution in [3.63, 3.8) is 0 Å². The molecule has 1 N–H and O–H groups in total. The first-order valence-corrected chi connectivity index (χ1v) is 11.7. The number of sulfonamides is 1. The molecule has 1 aliphatic heterocycles. The van der Waals surface area contributed by atoms with Gasteiger partial charge in [0, 0.05) is 31.7 Å². The van der Waals surface area contributed by atoms with Crippen LogP contribution in [0.5, 0.6) is 5.75 Å². The average molecular weight is 445 g/mol. The number of rotatable bonds is 8. The van der Waals surface area contributed by atoms with E-state index in [0.29, 0.717) is 43.4 Å². The molecule has 0 aromatic heterocycles. The van der Waals surface area contributed by atoms with Gasteiger partial charge < -0.3 is 4.74 Å². The summed E-state index contributed by atoms with van der Waals surface area (Å²) < 4.78 is 32.5. The van der Waals surface area contributed by atoms with Crippen LogP contribution in [0.4, 0.5) is 0 Å². The summed E-state index contributed by atoms with van der Waals surface area (Å²) in [5, 5.41) is 4.01. The van der Waals surface area contributed by atoms with Gasteiger partial charge in [-0.2, -0.15) is 9.41 Å². The number of nitrogens with zero attached hydrogens (tertiary/aromatic N) is 3. The van der Waals surface area contributed by atoms with Gasteiger partial charge in [0.15, 0.2) is 0 Å². The van der Waals surface area contributed by atoms with E-state index in [1.165, 1.54) is 4.31 Å². The molecule has 9 heteroatoms. The van der Waals surface area contributed by atoms with Crippen LogP contribution in [0.15, 0.2) is 58.5 Å². The first-order chi connectivity index (χ1) is 14.9. The third kappa shape index (κ3) is 6.13. The number of hydrogen-bond donors (Lipinski definition) is 1. The van der Waals surface area contributed by atoms with Gasteiger partial charge in [-0.25, -0.2) is 13.8 Å². The molecule has 3 rings (SSSR count). The zero-order valence-electron chi connectivity index (χ0n) is 17.8. The predicted octanol–water partition coefficient (Wildman–Crippen LogP) is 1.85. The third-order valence-corrected chi connectivity index (χ3v) is 6.88. The van der Waals surface area contributed by atoms with E-state index in [4.69, 9.17) is 4.74 Å². The van der Waals surface area contributed by atoms with E-state index in [-0.39, 0.29) is 12.5 Å². The van der Waals surface area contributed by atoms with Gasteiger partial charge in [0.1, 0.15) is 5.75 Å². The van der Waals surface area contributed by atoms with Crippen molar-refractivity contribution in [2.45, 2.75) is 18.7 Å². The lowest BCUT2D eigenvalue weighted by molar-refractivity contribution is -0.122. The van der Waals surface area contributed by atoms with E-state index in [0.717, 1.165) is 11.1 Å². The van der Waals surface area contributed by atoms with Crippen molar-refractivity contribution in [1.29, 1.82) is 0 Å². The molecule has 1 saturated heterocycles. The summed E-state index contributed by atoms with van der Waals surface area (Å²) in [5.74, 6) is 0.453. The number of piperazine rings is 1. The van der Waals surface area contributed by atoms with E-state index in [1.54, 1.807) is 30.5 Å². The lowest BCUT2D eigenvalue weighted by Crippen LogP contribution is -2.50. The normalized spacial score (nSPS) is 15.8. The zero-order valence-corrected chi connectivity index (χ0v) is 18.6. The number of carbonyl (C=O) groups excluding carboxylic acids is 1. The Morgan fingerprint density at radius 1 is 1.10 bits per heavy atom. The number of aryl methyl sites for hydroxylation is 1. The minimum Gasteiger partial charge on any atom is -0.493 e. The molecule has 1 fully saturated rings. The highest BCUT2D eigenvalue weighted by Gasteiger charge is 2.28. The summed E-state index contributed by atoms with van der Waals surface area (Å²) in [6.45, 7) is 6.17. The van der Waals surface area contributed by atoms with E-state index in [2.05, 4.69) is 10.5 Å². The predicted molar refractivity (Wildman–Crippen MR) is 120 cm³/mol. The van der Waals surface area contributed by atoms with Crippen molar-refractivity contribution in [3.05, 3.63) is 59.7 Å². The number of amides is 1. The maximum Gasteiger partial charge on any atom is 0.254 e. The molecular formula is C22H28N4O4S. The summed E-state index contributed by atoms with van der Waals surface area (Å²) in [7, 11) is -3.51. The fourth-order valence-electron chi connectivity index (χ4n) is 3.27. The van der Waals surface area contributed by atoms with Gasteiger partial charge in [0.2, 0.25) is 10.0 Å². The molecule has 8 nitrogen and oxygen atoms in total. The van der Waals surface area contributed by atoms with Crippen LogP contribution in [0.1, 0.15) is 18.1 Å². The minimum atomic E-state index is -3.51. The van der Waals surface area contributed by atoms with Gasteiger partial charge in [-0.1, -0.05) is 29.8 Å². The molecule has 0 saturated carbocycles. The number of benzene rings is 2. The minimum absolute atomic E-state index is 0.156. The van der Waals surface area contributed by atoms with Crippen molar-refractivity contribution in [2.24, 2.45) is 5.10 Å². The van der Waals surface area contributed by atoms with Crippen molar-refractivity contribution in [2.75, 3.05) is 39.3 Å². The Bertz CT molecular complexity index is 1010. The monoisotopic (exact) mass is 444 g/mol. The van der Waals surface area contributed by atoms with E-state index in [9.17, 15) is 13.2 Å². The quantitative estimate of drug-likeness (QED) is 0.496. The van der Waals surface area contributed by atoms with E-state index < -0.39 is 10.0 Å². The van der Waals surface area contributed by atoms with Crippen LogP contribution in [-0.4, -0.2) is 69.1 Å². The highest BCUT2D eigenvalue weighted by molar-refractivity contribution is 7.89. The van der Waals surface area contributed by atoms with Crippen LogP contribution in [-0.2, 0) is 14.8 Å². The third-order valence-electron chi connectivity index (χ3n) is 4.97. The van der Waals surface area contributed by atoms with Crippen molar-refractivity contribution in [3.8, 4) is 5.75 Å². The van der Waals surface area contributed by atoms with Crippen LogP contribution in [0.2, 0.25) is 0 Å². The fraction of sp³-hybridized carbons (Fsp3) is 0.364. The van der Waals surface area contributed by atoms with Crippen molar-refractivity contribution < 1.29 is 17.9 Å². The molecule has 31 heavy (non-hydrogen) atoms. The summed E-state index contributed by atoms with van der Waals surface area (Å²) in [6, 6.07) is 14.3. The number of para-hydroxylation sites is 1. The molecule has 1 amide bonds. The second kappa shape index (κ2) is 10.5. The Kier molecular flexibility index (Phi) is 7.78. The first kappa shape index (κ1) is 22.9. The summed E-state index contributed by atoms with van der Waals surface area (Å²) in [4.78, 5) is 14.4. The highest BCUT2D eigenvalue weighted by atomic mass is 32.2. The Morgan fingerprint density at radius 2 is 1.77 bits per heavy atom. The van der Waals surface area contributed by atoms with Gasteiger partial charge in [-0.3, -0.25) is 9.69 Å². The van der Waals surface area contributed by atoms with Crippen LogP contribution in [0, 0.1) is 6.92 Å². The molecule has 0 bridgehead atoms. The van der Waals surface area contributed by atoms with E-state index in [1.807, 2.05) is 43.0 Å². The molecule has 0 aliphatic carbocycles. The molecule has 166 valence electrons. The Morgan fingerprint density at radius 3 is 2.45 bits per heavy atom. The number of nitrogens with one attached hydrogen (secondary N) is 1. The maximum absolute atomic E-state index is 12.8. The first-order valence-electron chi connectivity index (χ1n) is 10.2. The average Bonchev–Trinajstić information content (AvgIpc) is 2.76. The van der Waals surface area contributed by atoms with Crippen molar-refractivity contribution in [1.82, 2.24) is 14.6 Å². The molecule has 1 aliphatic rings. The van der Waals surface area contributed by atoms with E-state index >= 15 is 0 Å². The molecule has 2 aromatic carbocycles. The molecule has 0 unspecified atom stereocenters. The second-order valence-corrected chi connectivity index (χ2v) is 9.20. The van der Waals surface area contributed by atoms with Gasteiger partial charge in [0.25, 0.3) is 5.91 Å². The number of hydrogen-bond acceptors (Lipinski definition) is 6. The Balaban J connectivity index is 1.48. The van der Waals surface area contributed by atoms with Crippen LogP contribution >= 0.6 is 0 Å². The molecule has 1 heterocycles. The Labute approximate surface area is 183 Å². The van der Waals surface area contributed by atoms with Crippen molar-refractivity contribution >= 4 is 22.1 Å². The summed E-state index contributed by atoms with van der Waals surface area (Å²) >= 11 is 0. The topological polar surface area (TPSA) is 91.3 Å². The fourth-order valence-corrected chi connectivity index (χ4v) is 4.70. The largest absolute Gasteiger partial charge is 0.493 e. The Hall–Kier alpha value is -2.75. The van der Waals surface area contributed by atoms with Crippen LogP contribution in [0.25, 0.3) is 0 Å². The second-order valence-electron chi connectivity index (χ2n) is 7.26.